The van der Waals surface area contributed by atoms with Crippen LogP contribution in [-0.4, -0.2) is 88.2 Å². The third-order valence-electron chi connectivity index (χ3n) is 13.1. The molecule has 1 N–H and O–H groups in total. The maximum atomic E-state index is 13.6. The average molecular weight is 761 g/mol. The molecule has 2 aliphatic carbocycles. The molecular formula is C39H51Cl2N3O6S. The molecule has 6 atom stereocenters. The van der Waals surface area contributed by atoms with Crippen LogP contribution in [0.3, 0.4) is 0 Å². The summed E-state index contributed by atoms with van der Waals surface area (Å²) in [6, 6.07) is 11.9. The van der Waals surface area contributed by atoms with Crippen LogP contribution >= 0.6 is 23.2 Å². The van der Waals surface area contributed by atoms with E-state index in [1.165, 1.54) is 11.1 Å². The van der Waals surface area contributed by atoms with Crippen LogP contribution in [0.15, 0.2) is 36.4 Å². The van der Waals surface area contributed by atoms with E-state index in [2.05, 4.69) is 26.7 Å². The molecule has 2 saturated heterocycles. The summed E-state index contributed by atoms with van der Waals surface area (Å²) < 4.78 is 49.3. The number of likely N-dealkylation sites (tertiary alicyclic amines) is 1. The van der Waals surface area contributed by atoms with Crippen molar-refractivity contribution in [1.82, 2.24) is 9.62 Å². The number of benzene rings is 2. The number of fused-ring (bicyclic) bond motifs is 4. The molecule has 0 radical (unpaired) electrons. The zero-order chi connectivity index (χ0) is 35.5. The molecule has 2 aromatic rings. The minimum Gasteiger partial charge on any atom is -0.490 e. The fourth-order valence-corrected chi connectivity index (χ4v) is 11.6. The summed E-state index contributed by atoms with van der Waals surface area (Å²) in [4.78, 5) is 18.4. The molecule has 4 heterocycles. The van der Waals surface area contributed by atoms with Crippen LogP contribution in [0.2, 0.25) is 5.02 Å². The van der Waals surface area contributed by atoms with Gasteiger partial charge in [-0.3, -0.25) is 9.69 Å². The molecule has 2 aromatic carbocycles. The molecule has 3 fully saturated rings. The second-order valence-corrected chi connectivity index (χ2v) is 19.4. The fraction of sp³-hybridized carbons (Fsp3) is 0.667. The third-order valence-corrected chi connectivity index (χ3v) is 15.6. The first-order valence-electron chi connectivity index (χ1n) is 19.0. The lowest BCUT2D eigenvalue weighted by Gasteiger charge is -2.50. The van der Waals surface area contributed by atoms with E-state index in [-0.39, 0.29) is 35.0 Å². The number of nitrogens with one attached hydrogen (secondary N) is 1. The Kier molecular flexibility index (Phi) is 10.1. The highest BCUT2D eigenvalue weighted by molar-refractivity contribution is 7.90. The summed E-state index contributed by atoms with van der Waals surface area (Å²) in [5.74, 6) is 0.998. The second-order valence-electron chi connectivity index (χ2n) is 16.3. The van der Waals surface area contributed by atoms with Crippen LogP contribution in [0.5, 0.6) is 5.75 Å². The van der Waals surface area contributed by atoms with Crippen molar-refractivity contribution in [3.05, 3.63) is 58.1 Å². The van der Waals surface area contributed by atoms with E-state index in [1.54, 1.807) is 13.0 Å². The maximum Gasteiger partial charge on any atom is 0.264 e. The SMILES string of the molecule is C[C@@H]1[C@@H](C)CCC[C@@H]([C@H]2OC[C@@H](N3CC(Cl)C3)CO2)[C@@H]2CC[C@H]2CN2C[C@@]3(CCCc4cc(Cl)ccc43)COc3ccc(cc32)C(=O)NS1(=O)=O. The Balaban J connectivity index is 1.13. The van der Waals surface area contributed by atoms with Crippen molar-refractivity contribution < 1.29 is 27.4 Å². The molecule has 2 bridgehead atoms. The second kappa shape index (κ2) is 14.3. The fourth-order valence-electron chi connectivity index (χ4n) is 9.69. The van der Waals surface area contributed by atoms with Gasteiger partial charge in [-0.2, -0.15) is 0 Å². The number of rotatable bonds is 2. The van der Waals surface area contributed by atoms with Gasteiger partial charge in [0.2, 0.25) is 10.0 Å². The number of aryl methyl sites for hydroxylation is 1. The highest BCUT2D eigenvalue weighted by Crippen LogP contribution is 2.49. The molecule has 0 aromatic heterocycles. The average Bonchev–Trinajstić information content (AvgIpc) is 3.24. The van der Waals surface area contributed by atoms with Gasteiger partial charge in [0.15, 0.2) is 6.29 Å². The van der Waals surface area contributed by atoms with Crippen LogP contribution in [0, 0.1) is 23.7 Å². The van der Waals surface area contributed by atoms with Crippen molar-refractivity contribution in [2.24, 2.45) is 23.7 Å². The zero-order valence-corrected chi connectivity index (χ0v) is 32.0. The van der Waals surface area contributed by atoms with Gasteiger partial charge in [0, 0.05) is 48.1 Å². The van der Waals surface area contributed by atoms with E-state index in [0.717, 1.165) is 94.0 Å². The lowest BCUT2D eigenvalue weighted by atomic mass is 9.64. The van der Waals surface area contributed by atoms with Gasteiger partial charge in [0.1, 0.15) is 5.75 Å². The first kappa shape index (κ1) is 35.9. The number of ether oxygens (including phenoxy) is 3. The van der Waals surface area contributed by atoms with Crippen molar-refractivity contribution in [1.29, 1.82) is 0 Å². The van der Waals surface area contributed by atoms with Crippen molar-refractivity contribution >= 4 is 44.8 Å². The summed E-state index contributed by atoms with van der Waals surface area (Å²) in [7, 11) is -3.91. The molecule has 12 heteroatoms. The molecule has 9 nitrogen and oxygen atoms in total. The van der Waals surface area contributed by atoms with Gasteiger partial charge in [-0.15, -0.1) is 11.6 Å². The van der Waals surface area contributed by atoms with Crippen molar-refractivity contribution in [2.45, 2.75) is 93.6 Å². The van der Waals surface area contributed by atoms with E-state index in [4.69, 9.17) is 37.4 Å². The van der Waals surface area contributed by atoms with Gasteiger partial charge >= 0.3 is 0 Å². The Labute approximate surface area is 312 Å². The normalized spacial score (nSPS) is 36.0. The summed E-state index contributed by atoms with van der Waals surface area (Å²) in [5.41, 5.74) is 3.47. The van der Waals surface area contributed by atoms with E-state index in [9.17, 15) is 13.2 Å². The topological polar surface area (TPSA) is 97.4 Å². The molecule has 1 saturated carbocycles. The predicted molar refractivity (Wildman–Crippen MR) is 199 cm³/mol. The molecule has 278 valence electrons. The van der Waals surface area contributed by atoms with Crippen LogP contribution in [0.4, 0.5) is 5.69 Å². The Bertz CT molecular complexity index is 1730. The summed E-state index contributed by atoms with van der Waals surface area (Å²) in [6.45, 7) is 8.76. The lowest BCUT2D eigenvalue weighted by Crippen LogP contribution is -2.59. The lowest BCUT2D eigenvalue weighted by molar-refractivity contribution is -0.246. The van der Waals surface area contributed by atoms with Crippen LogP contribution < -0.4 is 14.4 Å². The molecule has 8 rings (SSSR count). The highest BCUT2D eigenvalue weighted by Gasteiger charge is 2.47. The molecule has 1 spiro atoms. The van der Waals surface area contributed by atoms with Gasteiger partial charge in [0.25, 0.3) is 5.91 Å². The number of halogens is 2. The van der Waals surface area contributed by atoms with Gasteiger partial charge in [-0.25, -0.2) is 13.1 Å². The predicted octanol–water partition coefficient (Wildman–Crippen LogP) is 6.39. The summed E-state index contributed by atoms with van der Waals surface area (Å²) in [6.07, 6.45) is 7.43. The number of carbonyl (C=O) groups is 1. The van der Waals surface area contributed by atoms with E-state index in [0.29, 0.717) is 37.2 Å². The largest absolute Gasteiger partial charge is 0.490 e. The van der Waals surface area contributed by atoms with E-state index < -0.39 is 21.2 Å². The number of amides is 1. The van der Waals surface area contributed by atoms with Gasteiger partial charge in [-0.1, -0.05) is 31.0 Å². The maximum absolute atomic E-state index is 13.6. The highest BCUT2D eigenvalue weighted by atomic mass is 35.5. The van der Waals surface area contributed by atoms with Gasteiger partial charge in [-0.05, 0) is 111 Å². The minimum absolute atomic E-state index is 0.131. The quantitative estimate of drug-likeness (QED) is 0.352. The number of carbonyl (C=O) groups excluding carboxylic acids is 1. The number of hydrogen-bond acceptors (Lipinski definition) is 8. The van der Waals surface area contributed by atoms with E-state index in [1.807, 2.05) is 25.1 Å². The summed E-state index contributed by atoms with van der Waals surface area (Å²) in [5, 5.41) is 0.227. The Morgan fingerprint density at radius 1 is 0.941 bits per heavy atom. The van der Waals surface area contributed by atoms with E-state index >= 15 is 0 Å². The molecule has 4 aliphatic heterocycles. The zero-order valence-electron chi connectivity index (χ0n) is 29.7. The van der Waals surface area contributed by atoms with Crippen molar-refractivity contribution in [3.63, 3.8) is 0 Å². The van der Waals surface area contributed by atoms with Gasteiger partial charge < -0.3 is 19.1 Å². The molecule has 6 aliphatic rings. The molecular weight excluding hydrogens is 709 g/mol. The Hall–Kier alpha value is -2.08. The number of nitrogens with zero attached hydrogens (tertiary/aromatic N) is 2. The first-order valence-corrected chi connectivity index (χ1v) is 21.3. The van der Waals surface area contributed by atoms with Crippen molar-refractivity contribution in [2.75, 3.05) is 50.9 Å². The minimum atomic E-state index is -3.91. The van der Waals surface area contributed by atoms with Crippen molar-refractivity contribution in [3.8, 4) is 5.75 Å². The molecule has 0 unspecified atom stereocenters. The number of hydrogen-bond donors (Lipinski definition) is 1. The smallest absolute Gasteiger partial charge is 0.264 e. The first-order chi connectivity index (χ1) is 24.5. The van der Waals surface area contributed by atoms with Crippen LogP contribution in [0.1, 0.15) is 80.3 Å². The number of anilines is 1. The van der Waals surface area contributed by atoms with Crippen LogP contribution in [0.25, 0.3) is 0 Å². The summed E-state index contributed by atoms with van der Waals surface area (Å²) >= 11 is 12.8. The number of alkyl halides is 1. The molecule has 1 amide bonds. The van der Waals surface area contributed by atoms with Gasteiger partial charge in [0.05, 0.1) is 42.2 Å². The monoisotopic (exact) mass is 759 g/mol. The standard InChI is InChI=1S/C39H51Cl2N3O6S/c1-24-5-3-7-33(38-48-20-31(21-49-38)43-18-30(41)19-43)32-11-8-28(32)17-44-22-39(14-4-6-26-15-29(40)10-12-34(26)39)23-50-36-13-9-27(16-35(36)44)37(45)42-51(46,47)25(24)2/h9-10,12-13,15-16,24-25,28,30-33,38H,3-8,11,14,17-23H2,1-2H3,(H,42,45)/t24-,25+,28-,31-,32+,33+,38+,39-/m0/s1. The van der Waals surface area contributed by atoms with Crippen LogP contribution in [-0.2, 0) is 31.3 Å². The Morgan fingerprint density at radius 2 is 1.75 bits per heavy atom. The Morgan fingerprint density at radius 3 is 2.49 bits per heavy atom. The third kappa shape index (κ3) is 7.03. The molecule has 51 heavy (non-hydrogen) atoms. The number of sulfonamides is 1.